The summed E-state index contributed by atoms with van der Waals surface area (Å²) in [6.45, 7) is 7.69. The van der Waals surface area contributed by atoms with Gasteiger partial charge in [0.15, 0.2) is 0 Å². The first-order valence-corrected chi connectivity index (χ1v) is 8.60. The summed E-state index contributed by atoms with van der Waals surface area (Å²) in [6, 6.07) is 1.45. The van der Waals surface area contributed by atoms with Gasteiger partial charge in [0.1, 0.15) is 5.01 Å². The Morgan fingerprint density at radius 3 is 2.45 bits per heavy atom. The lowest BCUT2D eigenvalue weighted by Gasteiger charge is -2.34. The molecule has 1 saturated carbocycles. The molecule has 0 amide bonds. The van der Waals surface area contributed by atoms with Crippen LogP contribution in [-0.4, -0.2) is 36.1 Å². The number of thiazole rings is 1. The highest BCUT2D eigenvalue weighted by molar-refractivity contribution is 7.09. The van der Waals surface area contributed by atoms with Crippen molar-refractivity contribution in [2.75, 3.05) is 14.1 Å². The van der Waals surface area contributed by atoms with Gasteiger partial charge in [-0.1, -0.05) is 20.8 Å². The highest BCUT2D eigenvalue weighted by Gasteiger charge is 2.24. The Bertz CT molecular complexity index is 414. The monoisotopic (exact) mass is 295 g/mol. The van der Waals surface area contributed by atoms with Crippen LogP contribution in [0.25, 0.3) is 0 Å². The third kappa shape index (κ3) is 4.03. The number of nitrogens with zero attached hydrogens (tertiary/aromatic N) is 2. The van der Waals surface area contributed by atoms with Crippen molar-refractivity contribution in [2.45, 2.75) is 70.5 Å². The molecule has 20 heavy (non-hydrogen) atoms. The van der Waals surface area contributed by atoms with Crippen molar-refractivity contribution in [3.63, 3.8) is 0 Å². The molecule has 1 fully saturated rings. The molecule has 2 rings (SSSR count). The summed E-state index contributed by atoms with van der Waals surface area (Å²) in [7, 11) is 4.33. The molecule has 0 aliphatic heterocycles. The fourth-order valence-electron chi connectivity index (χ4n) is 2.88. The molecule has 4 heteroatoms. The molecule has 3 nitrogen and oxygen atoms in total. The van der Waals surface area contributed by atoms with Gasteiger partial charge in [0.2, 0.25) is 0 Å². The first kappa shape index (κ1) is 15.9. The Morgan fingerprint density at radius 1 is 1.30 bits per heavy atom. The van der Waals surface area contributed by atoms with E-state index in [1.165, 1.54) is 36.4 Å². The quantitative estimate of drug-likeness (QED) is 0.923. The number of nitrogens with one attached hydrogen (secondary N) is 1. The van der Waals surface area contributed by atoms with Crippen LogP contribution in [-0.2, 0) is 12.0 Å². The molecule has 0 aromatic carbocycles. The van der Waals surface area contributed by atoms with E-state index in [1.54, 1.807) is 0 Å². The predicted molar refractivity (Wildman–Crippen MR) is 87.4 cm³/mol. The highest BCUT2D eigenvalue weighted by Crippen LogP contribution is 2.27. The van der Waals surface area contributed by atoms with E-state index < -0.39 is 0 Å². The van der Waals surface area contributed by atoms with E-state index in [2.05, 4.69) is 50.5 Å². The molecule has 1 aliphatic rings. The minimum absolute atomic E-state index is 0.165. The maximum Gasteiger partial charge on any atom is 0.107 e. The largest absolute Gasteiger partial charge is 0.317 e. The minimum Gasteiger partial charge on any atom is -0.317 e. The molecule has 1 aliphatic carbocycles. The van der Waals surface area contributed by atoms with E-state index in [1.807, 2.05) is 11.3 Å². The van der Waals surface area contributed by atoms with Crippen molar-refractivity contribution in [1.82, 2.24) is 15.2 Å². The molecule has 0 atom stereocenters. The molecule has 0 radical (unpaired) electrons. The van der Waals surface area contributed by atoms with Crippen LogP contribution in [0.2, 0.25) is 0 Å². The molecular formula is C16H29N3S. The number of rotatable bonds is 4. The van der Waals surface area contributed by atoms with Gasteiger partial charge in [0.25, 0.3) is 0 Å². The van der Waals surface area contributed by atoms with Gasteiger partial charge in [-0.2, -0.15) is 0 Å². The summed E-state index contributed by atoms with van der Waals surface area (Å²) in [5.74, 6) is 0. The van der Waals surface area contributed by atoms with E-state index in [9.17, 15) is 0 Å². The van der Waals surface area contributed by atoms with Crippen LogP contribution in [0.15, 0.2) is 5.38 Å². The van der Waals surface area contributed by atoms with Gasteiger partial charge in [0, 0.05) is 22.9 Å². The van der Waals surface area contributed by atoms with Crippen LogP contribution >= 0.6 is 11.3 Å². The normalized spacial score (nSPS) is 24.3. The molecule has 1 heterocycles. The van der Waals surface area contributed by atoms with Crippen molar-refractivity contribution in [3.8, 4) is 0 Å². The zero-order valence-electron chi connectivity index (χ0n) is 13.6. The van der Waals surface area contributed by atoms with Crippen LogP contribution in [0.1, 0.15) is 57.2 Å². The lowest BCUT2D eigenvalue weighted by Crippen LogP contribution is -2.39. The van der Waals surface area contributed by atoms with Crippen molar-refractivity contribution in [3.05, 3.63) is 16.1 Å². The number of hydrogen-bond acceptors (Lipinski definition) is 4. The standard InChI is InChI=1S/C16H29N3S/c1-16(2,3)14-11-20-15(18-14)10-19(5)13-8-6-12(17-4)7-9-13/h11-13,17H,6-10H2,1-5H3. The fourth-order valence-corrected chi connectivity index (χ4v) is 3.96. The van der Waals surface area contributed by atoms with Gasteiger partial charge < -0.3 is 5.32 Å². The zero-order valence-corrected chi connectivity index (χ0v) is 14.4. The Balaban J connectivity index is 1.88. The molecule has 0 bridgehead atoms. The minimum atomic E-state index is 0.165. The first-order valence-electron chi connectivity index (χ1n) is 7.72. The Hall–Kier alpha value is -0.450. The van der Waals surface area contributed by atoms with E-state index in [4.69, 9.17) is 4.98 Å². The highest BCUT2D eigenvalue weighted by atomic mass is 32.1. The molecular weight excluding hydrogens is 266 g/mol. The summed E-state index contributed by atoms with van der Waals surface area (Å²) in [5, 5.41) is 6.89. The van der Waals surface area contributed by atoms with Gasteiger partial charge in [-0.3, -0.25) is 4.90 Å². The van der Waals surface area contributed by atoms with Gasteiger partial charge >= 0.3 is 0 Å². The average Bonchev–Trinajstić information content (AvgIpc) is 2.87. The van der Waals surface area contributed by atoms with E-state index in [0.717, 1.165) is 18.6 Å². The lowest BCUT2D eigenvalue weighted by atomic mass is 9.90. The summed E-state index contributed by atoms with van der Waals surface area (Å²) in [5.41, 5.74) is 1.39. The van der Waals surface area contributed by atoms with Crippen LogP contribution in [0.5, 0.6) is 0 Å². The molecule has 1 aromatic rings. The van der Waals surface area contributed by atoms with Crippen LogP contribution in [0.4, 0.5) is 0 Å². The van der Waals surface area contributed by atoms with Crippen molar-refractivity contribution in [2.24, 2.45) is 0 Å². The summed E-state index contributed by atoms with van der Waals surface area (Å²) in [6.07, 6.45) is 5.21. The van der Waals surface area contributed by atoms with E-state index in [0.29, 0.717) is 0 Å². The number of hydrogen-bond donors (Lipinski definition) is 1. The molecule has 114 valence electrons. The third-order valence-electron chi connectivity index (χ3n) is 4.43. The molecule has 0 spiro atoms. The average molecular weight is 295 g/mol. The predicted octanol–water partition coefficient (Wildman–Crippen LogP) is 3.40. The van der Waals surface area contributed by atoms with Gasteiger partial charge in [-0.25, -0.2) is 4.98 Å². The molecule has 1 aromatic heterocycles. The SMILES string of the molecule is CNC1CCC(N(C)Cc2nc(C(C)(C)C)cs2)CC1. The summed E-state index contributed by atoms with van der Waals surface area (Å²) >= 11 is 1.81. The second kappa shape index (κ2) is 6.54. The van der Waals surface area contributed by atoms with Crippen molar-refractivity contribution in [1.29, 1.82) is 0 Å². The van der Waals surface area contributed by atoms with Crippen molar-refractivity contribution < 1.29 is 0 Å². The smallest absolute Gasteiger partial charge is 0.107 e. The summed E-state index contributed by atoms with van der Waals surface area (Å²) in [4.78, 5) is 7.31. The fraction of sp³-hybridized carbons (Fsp3) is 0.812. The Morgan fingerprint density at radius 2 is 1.95 bits per heavy atom. The van der Waals surface area contributed by atoms with Crippen LogP contribution < -0.4 is 5.32 Å². The van der Waals surface area contributed by atoms with E-state index in [-0.39, 0.29) is 5.41 Å². The van der Waals surface area contributed by atoms with Gasteiger partial charge in [-0.15, -0.1) is 11.3 Å². The van der Waals surface area contributed by atoms with Gasteiger partial charge in [-0.05, 0) is 39.8 Å². The van der Waals surface area contributed by atoms with E-state index >= 15 is 0 Å². The topological polar surface area (TPSA) is 28.2 Å². The first-order chi connectivity index (χ1) is 9.40. The lowest BCUT2D eigenvalue weighted by molar-refractivity contribution is 0.169. The maximum absolute atomic E-state index is 4.81. The molecule has 0 unspecified atom stereocenters. The second-order valence-electron chi connectivity index (χ2n) is 7.09. The summed E-state index contributed by atoms with van der Waals surface area (Å²) < 4.78 is 0. The maximum atomic E-state index is 4.81. The van der Waals surface area contributed by atoms with Crippen LogP contribution in [0.3, 0.4) is 0 Å². The van der Waals surface area contributed by atoms with Crippen molar-refractivity contribution >= 4 is 11.3 Å². The van der Waals surface area contributed by atoms with Gasteiger partial charge in [0.05, 0.1) is 12.2 Å². The Labute approximate surface area is 127 Å². The third-order valence-corrected chi connectivity index (χ3v) is 5.27. The molecule has 0 saturated heterocycles. The zero-order chi connectivity index (χ0) is 14.8. The van der Waals surface area contributed by atoms with Crippen LogP contribution in [0, 0.1) is 0 Å². The molecule has 1 N–H and O–H groups in total. The number of aromatic nitrogens is 1. The second-order valence-corrected chi connectivity index (χ2v) is 8.03. The Kier molecular flexibility index (Phi) is 5.21.